The fraction of sp³-hybridized carbons (Fsp3) is 0.273. The topological polar surface area (TPSA) is 95.4 Å². The molecule has 0 fully saturated rings. The summed E-state index contributed by atoms with van der Waals surface area (Å²) in [5.74, 6) is -0.862. The molecule has 16 heavy (non-hydrogen) atoms. The summed E-state index contributed by atoms with van der Waals surface area (Å²) in [6.07, 6.45) is 0.0809. The second-order valence-electron chi connectivity index (χ2n) is 3.39. The molecule has 1 amide bonds. The van der Waals surface area contributed by atoms with Crippen molar-refractivity contribution in [2.75, 3.05) is 7.11 Å². The second-order valence-corrected chi connectivity index (χ2v) is 3.39. The molecule has 0 radical (unpaired) electrons. The molecule has 1 unspecified atom stereocenters. The molecule has 0 spiro atoms. The van der Waals surface area contributed by atoms with Gasteiger partial charge in [-0.15, -0.1) is 0 Å². The molecule has 0 aromatic heterocycles. The minimum absolute atomic E-state index is 0.0809. The quantitative estimate of drug-likeness (QED) is 0.718. The summed E-state index contributed by atoms with van der Waals surface area (Å²) in [6, 6.07) is 6.12. The Hall–Kier alpha value is -1.88. The van der Waals surface area contributed by atoms with Crippen molar-refractivity contribution in [2.24, 2.45) is 11.5 Å². The van der Waals surface area contributed by atoms with E-state index >= 15 is 0 Å². The van der Waals surface area contributed by atoms with Crippen molar-refractivity contribution in [1.82, 2.24) is 0 Å². The molecule has 1 atom stereocenters. The van der Waals surface area contributed by atoms with E-state index in [1.807, 2.05) is 0 Å². The minimum atomic E-state index is -0.454. The van der Waals surface area contributed by atoms with Crippen molar-refractivity contribution in [3.8, 4) is 0 Å². The number of hydrogen-bond donors (Lipinski definition) is 2. The third-order valence-corrected chi connectivity index (χ3v) is 2.18. The Morgan fingerprint density at radius 2 is 1.88 bits per heavy atom. The van der Waals surface area contributed by atoms with Crippen LogP contribution in [0.3, 0.4) is 0 Å². The number of primary amides is 1. The summed E-state index contributed by atoms with van der Waals surface area (Å²) < 4.78 is 4.56. The van der Waals surface area contributed by atoms with Crippen molar-refractivity contribution in [3.63, 3.8) is 0 Å². The first kappa shape index (κ1) is 12.2. The van der Waals surface area contributed by atoms with Crippen LogP contribution >= 0.6 is 0 Å². The Bertz CT molecular complexity index is 387. The Balaban J connectivity index is 2.78. The van der Waals surface area contributed by atoms with Crippen LogP contribution in [-0.2, 0) is 9.53 Å². The van der Waals surface area contributed by atoms with Crippen LogP contribution in [0, 0.1) is 0 Å². The van der Waals surface area contributed by atoms with Crippen molar-refractivity contribution < 1.29 is 14.3 Å². The fourth-order valence-electron chi connectivity index (χ4n) is 1.32. The van der Waals surface area contributed by atoms with Gasteiger partial charge in [-0.25, -0.2) is 4.79 Å². The standard InChI is InChI=1S/C11H14N2O3/c1-16-11(15)8-4-2-7(3-5-8)9(12)6-10(13)14/h2-5,9H,6,12H2,1H3,(H2,13,14). The zero-order valence-corrected chi connectivity index (χ0v) is 8.97. The van der Waals surface area contributed by atoms with E-state index in [-0.39, 0.29) is 6.42 Å². The first-order valence-electron chi connectivity index (χ1n) is 4.76. The summed E-state index contributed by atoms with van der Waals surface area (Å²) >= 11 is 0. The van der Waals surface area contributed by atoms with Gasteiger partial charge in [-0.2, -0.15) is 0 Å². The maximum Gasteiger partial charge on any atom is 0.337 e. The molecule has 86 valence electrons. The highest BCUT2D eigenvalue weighted by Gasteiger charge is 2.10. The average Bonchev–Trinajstić information content (AvgIpc) is 2.27. The smallest absolute Gasteiger partial charge is 0.337 e. The van der Waals surface area contributed by atoms with Crippen LogP contribution in [0.1, 0.15) is 28.4 Å². The predicted molar refractivity (Wildman–Crippen MR) is 58.5 cm³/mol. The van der Waals surface area contributed by atoms with E-state index in [9.17, 15) is 9.59 Å². The zero-order chi connectivity index (χ0) is 12.1. The monoisotopic (exact) mass is 222 g/mol. The van der Waals surface area contributed by atoms with E-state index in [2.05, 4.69) is 4.74 Å². The molecule has 0 aliphatic heterocycles. The van der Waals surface area contributed by atoms with Gasteiger partial charge in [-0.3, -0.25) is 4.79 Å². The predicted octanol–water partition coefficient (Wildman–Crippen LogP) is 0.348. The minimum Gasteiger partial charge on any atom is -0.465 e. The van der Waals surface area contributed by atoms with Crippen molar-refractivity contribution in [3.05, 3.63) is 35.4 Å². The van der Waals surface area contributed by atoms with Crippen LogP contribution in [0.4, 0.5) is 0 Å². The van der Waals surface area contributed by atoms with Gasteiger partial charge in [-0.05, 0) is 17.7 Å². The van der Waals surface area contributed by atoms with E-state index < -0.39 is 17.9 Å². The summed E-state index contributed by atoms with van der Waals surface area (Å²) in [5.41, 5.74) is 12.0. The zero-order valence-electron chi connectivity index (χ0n) is 8.97. The molecule has 0 aliphatic carbocycles. The number of esters is 1. The van der Waals surface area contributed by atoms with Crippen LogP contribution in [0.2, 0.25) is 0 Å². The van der Waals surface area contributed by atoms with Crippen LogP contribution in [0.15, 0.2) is 24.3 Å². The SMILES string of the molecule is COC(=O)c1ccc(C(N)CC(N)=O)cc1. The van der Waals surface area contributed by atoms with E-state index in [4.69, 9.17) is 11.5 Å². The second kappa shape index (κ2) is 5.27. The van der Waals surface area contributed by atoms with Gasteiger partial charge in [0.1, 0.15) is 0 Å². The lowest BCUT2D eigenvalue weighted by molar-refractivity contribution is -0.118. The van der Waals surface area contributed by atoms with Gasteiger partial charge in [0.25, 0.3) is 0 Å². The summed E-state index contributed by atoms with van der Waals surface area (Å²) in [4.78, 5) is 21.8. The summed E-state index contributed by atoms with van der Waals surface area (Å²) in [6.45, 7) is 0. The molecule has 4 N–H and O–H groups in total. The fourth-order valence-corrected chi connectivity index (χ4v) is 1.32. The van der Waals surface area contributed by atoms with E-state index in [1.165, 1.54) is 7.11 Å². The Labute approximate surface area is 93.4 Å². The number of carbonyl (C=O) groups excluding carboxylic acids is 2. The first-order chi connectivity index (χ1) is 7.54. The maximum atomic E-state index is 11.1. The van der Waals surface area contributed by atoms with E-state index in [0.717, 1.165) is 5.56 Å². The molecular weight excluding hydrogens is 208 g/mol. The van der Waals surface area contributed by atoms with Gasteiger partial charge in [0.15, 0.2) is 0 Å². The molecule has 5 nitrogen and oxygen atoms in total. The Morgan fingerprint density at radius 1 is 1.31 bits per heavy atom. The van der Waals surface area contributed by atoms with Gasteiger partial charge in [0.2, 0.25) is 5.91 Å². The highest BCUT2D eigenvalue weighted by molar-refractivity contribution is 5.89. The number of rotatable bonds is 4. The number of nitrogens with two attached hydrogens (primary N) is 2. The van der Waals surface area contributed by atoms with Gasteiger partial charge in [0, 0.05) is 12.5 Å². The van der Waals surface area contributed by atoms with E-state index in [0.29, 0.717) is 5.56 Å². The molecule has 0 aliphatic rings. The number of ether oxygens (including phenoxy) is 1. The Morgan fingerprint density at radius 3 is 2.31 bits per heavy atom. The molecule has 0 heterocycles. The third-order valence-electron chi connectivity index (χ3n) is 2.18. The number of benzene rings is 1. The molecule has 5 heteroatoms. The molecule has 0 saturated heterocycles. The lowest BCUT2D eigenvalue weighted by Crippen LogP contribution is -2.20. The normalized spacial score (nSPS) is 11.9. The van der Waals surface area contributed by atoms with E-state index in [1.54, 1.807) is 24.3 Å². The molecule has 0 bridgehead atoms. The Kier molecular flexibility index (Phi) is 4.02. The largest absolute Gasteiger partial charge is 0.465 e. The average molecular weight is 222 g/mol. The van der Waals surface area contributed by atoms with Crippen molar-refractivity contribution in [2.45, 2.75) is 12.5 Å². The summed E-state index contributed by atoms with van der Waals surface area (Å²) in [7, 11) is 1.31. The van der Waals surface area contributed by atoms with Crippen LogP contribution < -0.4 is 11.5 Å². The maximum absolute atomic E-state index is 11.1. The molecular formula is C11H14N2O3. The van der Waals surface area contributed by atoms with Gasteiger partial charge < -0.3 is 16.2 Å². The first-order valence-corrected chi connectivity index (χ1v) is 4.76. The van der Waals surface area contributed by atoms with Crippen LogP contribution in [0.25, 0.3) is 0 Å². The van der Waals surface area contributed by atoms with Crippen molar-refractivity contribution in [1.29, 1.82) is 0 Å². The molecule has 0 saturated carbocycles. The number of methoxy groups -OCH3 is 1. The van der Waals surface area contributed by atoms with Gasteiger partial charge >= 0.3 is 5.97 Å². The number of hydrogen-bond acceptors (Lipinski definition) is 4. The van der Waals surface area contributed by atoms with Gasteiger partial charge in [0.05, 0.1) is 12.7 Å². The van der Waals surface area contributed by atoms with Crippen LogP contribution in [-0.4, -0.2) is 19.0 Å². The highest BCUT2D eigenvalue weighted by Crippen LogP contribution is 2.14. The third kappa shape index (κ3) is 3.06. The molecule has 1 rings (SSSR count). The molecule has 1 aromatic carbocycles. The number of amides is 1. The summed E-state index contributed by atoms with van der Waals surface area (Å²) in [5, 5.41) is 0. The molecule has 1 aromatic rings. The van der Waals surface area contributed by atoms with Crippen LogP contribution in [0.5, 0.6) is 0 Å². The van der Waals surface area contributed by atoms with Gasteiger partial charge in [-0.1, -0.05) is 12.1 Å². The lowest BCUT2D eigenvalue weighted by Gasteiger charge is -2.09. The lowest BCUT2D eigenvalue weighted by atomic mass is 10.0. The highest BCUT2D eigenvalue weighted by atomic mass is 16.5. The number of carbonyl (C=O) groups is 2. The van der Waals surface area contributed by atoms with Crippen molar-refractivity contribution >= 4 is 11.9 Å².